The Hall–Kier alpha value is -3.06. The van der Waals surface area contributed by atoms with E-state index in [0.717, 1.165) is 5.56 Å². The summed E-state index contributed by atoms with van der Waals surface area (Å²) in [5, 5.41) is 5.38. The van der Waals surface area contributed by atoms with Crippen LogP contribution >= 0.6 is 0 Å². The van der Waals surface area contributed by atoms with E-state index in [-0.39, 0.29) is 18.4 Å². The lowest BCUT2D eigenvalue weighted by atomic mass is 10.1. The van der Waals surface area contributed by atoms with E-state index in [4.69, 9.17) is 9.47 Å². The normalized spacial score (nSPS) is 10.4. The van der Waals surface area contributed by atoms with Crippen molar-refractivity contribution in [2.75, 3.05) is 40.2 Å². The number of para-hydroxylation sites is 1. The summed E-state index contributed by atoms with van der Waals surface area (Å²) in [5.41, 5.74) is 2.11. The molecule has 0 saturated heterocycles. The van der Waals surface area contributed by atoms with Crippen LogP contribution in [0.5, 0.6) is 11.5 Å². The number of anilines is 1. The predicted molar refractivity (Wildman–Crippen MR) is 104 cm³/mol. The summed E-state index contributed by atoms with van der Waals surface area (Å²) >= 11 is 0. The molecule has 7 nitrogen and oxygen atoms in total. The number of hydrogen-bond donors (Lipinski definition) is 2. The molecule has 0 radical (unpaired) electrons. The fourth-order valence-electron chi connectivity index (χ4n) is 2.72. The van der Waals surface area contributed by atoms with Gasteiger partial charge in [0, 0.05) is 30.4 Å². The molecule has 2 aromatic carbocycles. The monoisotopic (exact) mass is 371 g/mol. The van der Waals surface area contributed by atoms with E-state index in [1.807, 2.05) is 30.1 Å². The first kappa shape index (κ1) is 20.3. The third kappa shape index (κ3) is 5.46. The zero-order valence-electron chi connectivity index (χ0n) is 16.0. The van der Waals surface area contributed by atoms with Crippen LogP contribution in [0, 0.1) is 0 Å². The summed E-state index contributed by atoms with van der Waals surface area (Å²) in [6.45, 7) is 0.737. The predicted octanol–water partition coefficient (Wildman–Crippen LogP) is 2.13. The molecule has 27 heavy (non-hydrogen) atoms. The van der Waals surface area contributed by atoms with Gasteiger partial charge in [-0.25, -0.2) is 0 Å². The number of hydrogen-bond acceptors (Lipinski definition) is 5. The van der Waals surface area contributed by atoms with Crippen molar-refractivity contribution < 1.29 is 19.1 Å². The molecule has 0 spiro atoms. The molecule has 0 fully saturated rings. The molecule has 2 rings (SSSR count). The minimum absolute atomic E-state index is 0.146. The molecule has 0 aliphatic carbocycles. The van der Waals surface area contributed by atoms with Crippen LogP contribution in [-0.2, 0) is 11.3 Å². The third-order valence-corrected chi connectivity index (χ3v) is 4.00. The van der Waals surface area contributed by atoms with Gasteiger partial charge >= 0.3 is 0 Å². The Balaban J connectivity index is 1.95. The Morgan fingerprint density at radius 2 is 1.74 bits per heavy atom. The fraction of sp³-hybridized carbons (Fsp3) is 0.300. The van der Waals surface area contributed by atoms with Crippen molar-refractivity contribution >= 4 is 17.5 Å². The van der Waals surface area contributed by atoms with Gasteiger partial charge < -0.3 is 20.1 Å². The maximum absolute atomic E-state index is 12.3. The van der Waals surface area contributed by atoms with Crippen LogP contribution in [0.4, 0.5) is 5.69 Å². The number of carbonyl (C=O) groups excluding carboxylic acids is 2. The van der Waals surface area contributed by atoms with Crippen molar-refractivity contribution in [1.29, 1.82) is 0 Å². The highest BCUT2D eigenvalue weighted by molar-refractivity contribution is 5.96. The number of benzene rings is 2. The van der Waals surface area contributed by atoms with Crippen LogP contribution in [0.1, 0.15) is 15.9 Å². The number of rotatable bonds is 8. The van der Waals surface area contributed by atoms with Gasteiger partial charge in [0.05, 0.1) is 20.8 Å². The molecule has 2 aromatic rings. The van der Waals surface area contributed by atoms with Gasteiger partial charge in [0.1, 0.15) is 0 Å². The Labute approximate surface area is 159 Å². The van der Waals surface area contributed by atoms with E-state index in [1.54, 1.807) is 45.5 Å². The highest BCUT2D eigenvalue weighted by atomic mass is 16.5. The van der Waals surface area contributed by atoms with Crippen LogP contribution < -0.4 is 20.1 Å². The van der Waals surface area contributed by atoms with Gasteiger partial charge in [-0.3, -0.25) is 14.5 Å². The Morgan fingerprint density at radius 1 is 1.04 bits per heavy atom. The Bertz CT molecular complexity index is 790. The zero-order chi connectivity index (χ0) is 19.8. The van der Waals surface area contributed by atoms with Gasteiger partial charge in [0.25, 0.3) is 5.91 Å². The molecule has 2 amide bonds. The lowest BCUT2D eigenvalue weighted by molar-refractivity contribution is -0.117. The molecule has 2 N–H and O–H groups in total. The molecule has 0 atom stereocenters. The number of likely N-dealkylation sites (N-methyl/N-ethyl adjacent to an activating group) is 1. The van der Waals surface area contributed by atoms with Crippen molar-refractivity contribution in [3.05, 3.63) is 53.6 Å². The van der Waals surface area contributed by atoms with Crippen LogP contribution in [0.3, 0.4) is 0 Å². The first-order valence-corrected chi connectivity index (χ1v) is 8.49. The molecule has 0 heterocycles. The molecule has 0 unspecified atom stereocenters. The summed E-state index contributed by atoms with van der Waals surface area (Å²) in [6.07, 6.45) is 0. The number of ether oxygens (including phenoxy) is 2. The van der Waals surface area contributed by atoms with E-state index in [0.29, 0.717) is 29.3 Å². The smallest absolute Gasteiger partial charge is 0.251 e. The minimum atomic E-state index is -0.167. The third-order valence-electron chi connectivity index (χ3n) is 4.00. The summed E-state index contributed by atoms with van der Waals surface area (Å²) in [6, 6.07) is 12.4. The van der Waals surface area contributed by atoms with E-state index >= 15 is 0 Å². The highest BCUT2D eigenvalue weighted by Crippen LogP contribution is 2.31. The molecule has 144 valence electrons. The molecule has 0 aliphatic rings. The molecule has 0 aliphatic heterocycles. The zero-order valence-corrected chi connectivity index (χ0v) is 16.0. The maximum Gasteiger partial charge on any atom is 0.251 e. The number of carbonyl (C=O) groups is 2. The Morgan fingerprint density at radius 3 is 2.33 bits per heavy atom. The summed E-state index contributed by atoms with van der Waals surface area (Å²) in [7, 11) is 6.61. The van der Waals surface area contributed by atoms with Crippen LogP contribution in [0.2, 0.25) is 0 Å². The molecule has 0 aromatic heterocycles. The lowest BCUT2D eigenvalue weighted by Gasteiger charge is -2.19. The topological polar surface area (TPSA) is 79.9 Å². The maximum atomic E-state index is 12.3. The van der Waals surface area contributed by atoms with Crippen molar-refractivity contribution in [3.63, 3.8) is 0 Å². The molecular formula is C20H25N3O4. The molecular weight excluding hydrogens is 346 g/mol. The van der Waals surface area contributed by atoms with Crippen LogP contribution in [-0.4, -0.2) is 51.6 Å². The van der Waals surface area contributed by atoms with Crippen molar-refractivity contribution in [2.24, 2.45) is 0 Å². The SMILES string of the molecule is CNC(=O)c1ccc(NC(=O)CN(C)Cc2cccc(OC)c2OC)cc1. The fourth-order valence-corrected chi connectivity index (χ4v) is 2.72. The quantitative estimate of drug-likeness (QED) is 0.743. The van der Waals surface area contributed by atoms with Crippen molar-refractivity contribution in [1.82, 2.24) is 10.2 Å². The van der Waals surface area contributed by atoms with E-state index in [1.165, 1.54) is 0 Å². The standard InChI is InChI=1S/C20H25N3O4/c1-21-20(25)14-8-10-16(11-9-14)22-18(24)13-23(2)12-15-6-5-7-17(26-3)19(15)27-4/h5-11H,12-13H2,1-4H3,(H,21,25)(H,22,24). The van der Waals surface area contributed by atoms with E-state index in [9.17, 15) is 9.59 Å². The number of methoxy groups -OCH3 is 2. The van der Waals surface area contributed by atoms with Gasteiger partial charge in [-0.1, -0.05) is 12.1 Å². The van der Waals surface area contributed by atoms with Gasteiger partial charge in [-0.2, -0.15) is 0 Å². The number of nitrogens with one attached hydrogen (secondary N) is 2. The summed E-state index contributed by atoms with van der Waals surface area (Å²) < 4.78 is 10.7. The van der Waals surface area contributed by atoms with Crippen molar-refractivity contribution in [3.8, 4) is 11.5 Å². The van der Waals surface area contributed by atoms with E-state index < -0.39 is 0 Å². The minimum Gasteiger partial charge on any atom is -0.493 e. The first-order chi connectivity index (χ1) is 13.0. The van der Waals surface area contributed by atoms with Gasteiger partial charge in [-0.15, -0.1) is 0 Å². The average Bonchev–Trinajstić information content (AvgIpc) is 2.67. The Kier molecular flexibility index (Phi) is 7.19. The largest absolute Gasteiger partial charge is 0.493 e. The molecule has 7 heteroatoms. The van der Waals surface area contributed by atoms with Gasteiger partial charge in [0.2, 0.25) is 5.91 Å². The van der Waals surface area contributed by atoms with Gasteiger partial charge in [-0.05, 0) is 37.4 Å². The number of amides is 2. The lowest BCUT2D eigenvalue weighted by Crippen LogP contribution is -2.30. The first-order valence-electron chi connectivity index (χ1n) is 8.49. The second-order valence-corrected chi connectivity index (χ2v) is 6.03. The summed E-state index contributed by atoms with van der Waals surface area (Å²) in [5.74, 6) is 1.01. The highest BCUT2D eigenvalue weighted by Gasteiger charge is 2.13. The van der Waals surface area contributed by atoms with Crippen molar-refractivity contribution in [2.45, 2.75) is 6.54 Å². The van der Waals surface area contributed by atoms with Crippen LogP contribution in [0.25, 0.3) is 0 Å². The molecule has 0 bridgehead atoms. The summed E-state index contributed by atoms with van der Waals surface area (Å²) in [4.78, 5) is 25.7. The van der Waals surface area contributed by atoms with E-state index in [2.05, 4.69) is 10.6 Å². The van der Waals surface area contributed by atoms with Gasteiger partial charge in [0.15, 0.2) is 11.5 Å². The average molecular weight is 371 g/mol. The molecule has 0 saturated carbocycles. The second-order valence-electron chi connectivity index (χ2n) is 6.03. The van der Waals surface area contributed by atoms with Crippen LogP contribution in [0.15, 0.2) is 42.5 Å². The second kappa shape index (κ2) is 9.59. The number of nitrogens with zero attached hydrogens (tertiary/aromatic N) is 1.